The SMILES string of the molecule is CCC1=C2CC[C@H]3C(=O)N(CC(=O)OC)C(=O)[C@H]3[C@H]2[C@@](C)(C(=O)NCC(=O)OC)N(C(=O)NCCO)C1=O. The zero-order chi connectivity index (χ0) is 28.4. The molecule has 0 spiro atoms. The summed E-state index contributed by atoms with van der Waals surface area (Å²) in [5.74, 6) is -7.78. The molecule has 0 bridgehead atoms. The number of methoxy groups -OCH3 is 2. The van der Waals surface area contributed by atoms with Crippen molar-refractivity contribution in [1.29, 1.82) is 0 Å². The van der Waals surface area contributed by atoms with Gasteiger partial charge in [0, 0.05) is 18.0 Å². The number of nitrogens with zero attached hydrogens (tertiary/aromatic N) is 2. The lowest BCUT2D eigenvalue weighted by molar-refractivity contribution is -0.153. The zero-order valence-corrected chi connectivity index (χ0v) is 21.7. The fraction of sp³-hybridized carbons (Fsp3) is 0.625. The fourth-order valence-corrected chi connectivity index (χ4v) is 5.74. The number of amides is 6. The highest BCUT2D eigenvalue weighted by Crippen LogP contribution is 2.54. The van der Waals surface area contributed by atoms with E-state index in [4.69, 9.17) is 0 Å². The van der Waals surface area contributed by atoms with Crippen molar-refractivity contribution in [1.82, 2.24) is 20.4 Å². The molecular weight excluding hydrogens is 504 g/mol. The number of carbonyl (C=O) groups excluding carboxylic acids is 7. The van der Waals surface area contributed by atoms with E-state index in [2.05, 4.69) is 20.1 Å². The molecule has 4 atom stereocenters. The Kier molecular flexibility index (Phi) is 8.54. The van der Waals surface area contributed by atoms with Crippen LogP contribution in [0.25, 0.3) is 0 Å². The van der Waals surface area contributed by atoms with Gasteiger partial charge in [-0.2, -0.15) is 0 Å². The Hall–Kier alpha value is -3.81. The highest BCUT2D eigenvalue weighted by Gasteiger charge is 2.65. The van der Waals surface area contributed by atoms with E-state index in [-0.39, 0.29) is 31.4 Å². The molecule has 2 fully saturated rings. The Balaban J connectivity index is 2.20. The standard InChI is InChI=1S/C24H32N4O10/c1-5-12-13-6-7-14-17(21(34)27(19(14)32)11-16(31)38-4)18(13)24(2,22(35)26-10-15(30)37-3)28(20(12)33)23(36)25-8-9-29/h14,17-18,29H,5-11H2,1-4H3,(H,25,36)(H,26,35)/t14-,17-,18+,24+/m1/s1. The summed E-state index contributed by atoms with van der Waals surface area (Å²) in [5, 5.41) is 14.0. The minimum Gasteiger partial charge on any atom is -0.468 e. The van der Waals surface area contributed by atoms with Gasteiger partial charge in [-0.05, 0) is 26.2 Å². The number of hydrogen-bond donors (Lipinski definition) is 3. The molecule has 2 aliphatic heterocycles. The molecule has 3 rings (SSSR count). The van der Waals surface area contributed by atoms with Crippen molar-refractivity contribution in [2.75, 3.05) is 40.5 Å². The van der Waals surface area contributed by atoms with E-state index in [9.17, 15) is 38.7 Å². The average Bonchev–Trinajstić information content (AvgIpc) is 3.14. The number of aliphatic hydroxyl groups excluding tert-OH is 1. The summed E-state index contributed by atoms with van der Waals surface area (Å²) < 4.78 is 9.19. The van der Waals surface area contributed by atoms with Crippen LogP contribution in [0.15, 0.2) is 11.1 Å². The molecule has 0 unspecified atom stereocenters. The maximum atomic E-state index is 13.8. The van der Waals surface area contributed by atoms with E-state index in [1.807, 2.05) is 0 Å². The van der Waals surface area contributed by atoms with Gasteiger partial charge in [-0.3, -0.25) is 33.7 Å². The van der Waals surface area contributed by atoms with Crippen LogP contribution in [-0.4, -0.2) is 103 Å². The molecule has 3 aliphatic rings. The number of rotatable bonds is 8. The number of ether oxygens (including phenoxy) is 2. The molecule has 1 saturated heterocycles. The van der Waals surface area contributed by atoms with Gasteiger partial charge in [0.05, 0.1) is 32.7 Å². The largest absolute Gasteiger partial charge is 0.468 e. The lowest BCUT2D eigenvalue weighted by atomic mass is 9.59. The van der Waals surface area contributed by atoms with Gasteiger partial charge < -0.3 is 25.2 Å². The third kappa shape index (κ3) is 4.64. The van der Waals surface area contributed by atoms with Crippen LogP contribution in [0.5, 0.6) is 0 Å². The number of fused-ring (bicyclic) bond motifs is 3. The van der Waals surface area contributed by atoms with Crippen LogP contribution < -0.4 is 10.6 Å². The molecule has 3 N–H and O–H groups in total. The molecule has 0 aromatic heterocycles. The number of hydrogen-bond acceptors (Lipinski definition) is 10. The maximum Gasteiger partial charge on any atom is 0.325 e. The van der Waals surface area contributed by atoms with Gasteiger partial charge >= 0.3 is 18.0 Å². The quantitative estimate of drug-likeness (QED) is 0.242. The van der Waals surface area contributed by atoms with Crippen LogP contribution in [0, 0.1) is 17.8 Å². The number of nitrogens with one attached hydrogen (secondary N) is 2. The normalized spacial score (nSPS) is 26.6. The molecule has 2 heterocycles. The van der Waals surface area contributed by atoms with Gasteiger partial charge in [0.15, 0.2) is 0 Å². The zero-order valence-electron chi connectivity index (χ0n) is 21.7. The van der Waals surface area contributed by atoms with Crippen LogP contribution in [0.3, 0.4) is 0 Å². The summed E-state index contributed by atoms with van der Waals surface area (Å²) in [5.41, 5.74) is -1.35. The summed E-state index contributed by atoms with van der Waals surface area (Å²) >= 11 is 0. The summed E-state index contributed by atoms with van der Waals surface area (Å²) in [6, 6.07) is -0.991. The fourth-order valence-electron chi connectivity index (χ4n) is 5.74. The number of imide groups is 2. The lowest BCUT2D eigenvalue weighted by Gasteiger charge is -2.52. The molecule has 1 saturated carbocycles. The Labute approximate surface area is 218 Å². The molecule has 0 aromatic carbocycles. The molecule has 14 heteroatoms. The summed E-state index contributed by atoms with van der Waals surface area (Å²) in [6.45, 7) is 1.14. The number of aliphatic hydroxyl groups is 1. The van der Waals surface area contributed by atoms with Gasteiger partial charge in [-0.15, -0.1) is 0 Å². The van der Waals surface area contributed by atoms with Gasteiger partial charge in [0.1, 0.15) is 18.6 Å². The third-order valence-electron chi connectivity index (χ3n) is 7.49. The van der Waals surface area contributed by atoms with E-state index in [1.165, 1.54) is 6.92 Å². The second-order valence-corrected chi connectivity index (χ2v) is 9.35. The maximum absolute atomic E-state index is 13.8. The minimum atomic E-state index is -2.06. The molecule has 208 valence electrons. The average molecular weight is 537 g/mol. The van der Waals surface area contributed by atoms with Crippen LogP contribution in [0.2, 0.25) is 0 Å². The molecule has 0 radical (unpaired) electrons. The molecular formula is C24H32N4O10. The van der Waals surface area contributed by atoms with Crippen molar-refractivity contribution in [2.24, 2.45) is 17.8 Å². The van der Waals surface area contributed by atoms with Crippen molar-refractivity contribution < 1.29 is 48.1 Å². The van der Waals surface area contributed by atoms with Crippen LogP contribution >= 0.6 is 0 Å². The van der Waals surface area contributed by atoms with E-state index >= 15 is 0 Å². The number of esters is 2. The van der Waals surface area contributed by atoms with Crippen molar-refractivity contribution in [3.05, 3.63) is 11.1 Å². The minimum absolute atomic E-state index is 0.180. The summed E-state index contributed by atoms with van der Waals surface area (Å²) in [6.07, 6.45) is 0.587. The van der Waals surface area contributed by atoms with Crippen molar-refractivity contribution in [3.63, 3.8) is 0 Å². The van der Waals surface area contributed by atoms with Crippen LogP contribution in [0.4, 0.5) is 4.79 Å². The van der Waals surface area contributed by atoms with Crippen molar-refractivity contribution >= 4 is 41.6 Å². The first-order chi connectivity index (χ1) is 18.0. The van der Waals surface area contributed by atoms with Gasteiger partial charge in [0.2, 0.25) is 17.7 Å². The molecule has 6 amide bonds. The summed E-state index contributed by atoms with van der Waals surface area (Å²) in [4.78, 5) is 92.7. The Morgan fingerprint density at radius 2 is 1.71 bits per heavy atom. The second kappa shape index (κ2) is 11.3. The Morgan fingerprint density at radius 1 is 1.05 bits per heavy atom. The smallest absolute Gasteiger partial charge is 0.325 e. The monoisotopic (exact) mass is 536 g/mol. The first-order valence-corrected chi connectivity index (χ1v) is 12.2. The third-order valence-corrected chi connectivity index (χ3v) is 7.49. The topological polar surface area (TPSA) is 189 Å². The van der Waals surface area contributed by atoms with E-state index in [1.54, 1.807) is 6.92 Å². The predicted molar refractivity (Wildman–Crippen MR) is 127 cm³/mol. The lowest BCUT2D eigenvalue weighted by Crippen LogP contribution is -2.71. The van der Waals surface area contributed by atoms with Gasteiger partial charge in [-0.25, -0.2) is 9.69 Å². The van der Waals surface area contributed by atoms with Crippen molar-refractivity contribution in [3.8, 4) is 0 Å². The van der Waals surface area contributed by atoms with Gasteiger partial charge in [0.25, 0.3) is 5.91 Å². The van der Waals surface area contributed by atoms with E-state index in [0.717, 1.165) is 19.1 Å². The Bertz CT molecular complexity index is 1100. The highest BCUT2D eigenvalue weighted by atomic mass is 16.5. The molecule has 0 aromatic rings. The number of carbonyl (C=O) groups is 7. The molecule has 38 heavy (non-hydrogen) atoms. The molecule has 1 aliphatic carbocycles. The highest BCUT2D eigenvalue weighted by molar-refractivity contribution is 6.13. The first kappa shape index (κ1) is 28.8. The Morgan fingerprint density at radius 3 is 2.29 bits per heavy atom. The second-order valence-electron chi connectivity index (χ2n) is 9.35. The van der Waals surface area contributed by atoms with E-state index in [0.29, 0.717) is 10.5 Å². The van der Waals surface area contributed by atoms with E-state index < -0.39 is 84.6 Å². The van der Waals surface area contributed by atoms with Crippen LogP contribution in [0.1, 0.15) is 33.1 Å². The predicted octanol–water partition coefficient (Wildman–Crippen LogP) is -1.53. The number of urea groups is 1. The number of likely N-dealkylation sites (tertiary alicyclic amines) is 1. The van der Waals surface area contributed by atoms with Gasteiger partial charge in [-0.1, -0.05) is 12.5 Å². The molecule has 14 nitrogen and oxygen atoms in total. The van der Waals surface area contributed by atoms with Crippen LogP contribution in [-0.2, 0) is 38.2 Å². The first-order valence-electron chi connectivity index (χ1n) is 12.2. The summed E-state index contributed by atoms with van der Waals surface area (Å²) in [7, 11) is 2.24. The van der Waals surface area contributed by atoms with Crippen molar-refractivity contribution in [2.45, 2.75) is 38.6 Å².